The van der Waals surface area contributed by atoms with Crippen molar-refractivity contribution in [3.63, 3.8) is 0 Å². The smallest absolute Gasteiger partial charge is 0.301 e. The molecule has 0 atom stereocenters. The van der Waals surface area contributed by atoms with Gasteiger partial charge in [-0.25, -0.2) is 0 Å². The molecular formula is C12H17ClN2O3S. The maximum atomic E-state index is 12.2. The first kappa shape index (κ1) is 14.4. The Kier molecular flexibility index (Phi) is 4.23. The van der Waals surface area contributed by atoms with E-state index >= 15 is 0 Å². The van der Waals surface area contributed by atoms with Crippen molar-refractivity contribution in [1.82, 2.24) is 4.31 Å². The Hall–Kier alpha value is -0.980. The highest BCUT2D eigenvalue weighted by molar-refractivity contribution is 7.90. The van der Waals surface area contributed by atoms with Gasteiger partial charge in [-0.05, 0) is 37.0 Å². The highest BCUT2D eigenvalue weighted by Gasteiger charge is 2.26. The number of halogens is 1. The fourth-order valence-corrected chi connectivity index (χ4v) is 3.45. The van der Waals surface area contributed by atoms with E-state index in [9.17, 15) is 13.5 Å². The zero-order chi connectivity index (χ0) is 14.0. The number of piperidine rings is 1. The number of hydrogen-bond donors (Lipinski definition) is 2. The topological polar surface area (TPSA) is 69.6 Å². The SMILES string of the molecule is CC1CCN(S(=O)(=O)Nc2cc(Cl)ccc2O)CC1. The first-order chi connectivity index (χ1) is 8.88. The summed E-state index contributed by atoms with van der Waals surface area (Å²) in [6, 6.07) is 4.25. The summed E-state index contributed by atoms with van der Waals surface area (Å²) in [6.45, 7) is 3.11. The van der Waals surface area contributed by atoms with Gasteiger partial charge in [-0.1, -0.05) is 18.5 Å². The summed E-state index contributed by atoms with van der Waals surface area (Å²) in [5.74, 6) is 0.407. The molecule has 1 aromatic carbocycles. The first-order valence-electron chi connectivity index (χ1n) is 6.15. The second-order valence-corrected chi connectivity index (χ2v) is 6.96. The van der Waals surface area contributed by atoms with Gasteiger partial charge in [0.1, 0.15) is 5.75 Å². The number of nitrogens with zero attached hydrogens (tertiary/aromatic N) is 1. The normalized spacial score (nSPS) is 18.4. The molecule has 2 N–H and O–H groups in total. The third-order valence-electron chi connectivity index (χ3n) is 3.28. The maximum Gasteiger partial charge on any atom is 0.301 e. The lowest BCUT2D eigenvalue weighted by Crippen LogP contribution is -2.41. The van der Waals surface area contributed by atoms with Crippen molar-refractivity contribution in [1.29, 1.82) is 0 Å². The van der Waals surface area contributed by atoms with Crippen molar-refractivity contribution < 1.29 is 13.5 Å². The van der Waals surface area contributed by atoms with Crippen molar-refractivity contribution in [2.24, 2.45) is 5.92 Å². The van der Waals surface area contributed by atoms with Crippen molar-refractivity contribution >= 4 is 27.5 Å². The number of rotatable bonds is 3. The Balaban J connectivity index is 2.15. The fourth-order valence-electron chi connectivity index (χ4n) is 2.02. The minimum absolute atomic E-state index is 0.103. The summed E-state index contributed by atoms with van der Waals surface area (Å²) in [5.41, 5.74) is 0.103. The molecule has 1 aromatic rings. The summed E-state index contributed by atoms with van der Waals surface area (Å²) in [5, 5.41) is 10.00. The average Bonchev–Trinajstić information content (AvgIpc) is 2.34. The largest absolute Gasteiger partial charge is 0.506 e. The third kappa shape index (κ3) is 3.52. The molecule has 1 aliphatic heterocycles. The molecule has 0 amide bonds. The van der Waals surface area contributed by atoms with Gasteiger partial charge in [-0.2, -0.15) is 12.7 Å². The van der Waals surface area contributed by atoms with E-state index in [1.165, 1.54) is 22.5 Å². The molecule has 0 unspecified atom stereocenters. The molecular weight excluding hydrogens is 288 g/mol. The van der Waals surface area contributed by atoms with Crippen LogP contribution in [0.1, 0.15) is 19.8 Å². The molecule has 0 bridgehead atoms. The van der Waals surface area contributed by atoms with Gasteiger partial charge in [0, 0.05) is 18.1 Å². The van der Waals surface area contributed by atoms with E-state index < -0.39 is 10.2 Å². The van der Waals surface area contributed by atoms with Crippen LogP contribution >= 0.6 is 11.6 Å². The lowest BCUT2D eigenvalue weighted by atomic mass is 10.0. The van der Waals surface area contributed by atoms with E-state index in [0.29, 0.717) is 24.0 Å². The van der Waals surface area contributed by atoms with Crippen LogP contribution in [0.3, 0.4) is 0 Å². The number of anilines is 1. The monoisotopic (exact) mass is 304 g/mol. The second kappa shape index (κ2) is 5.56. The summed E-state index contributed by atoms with van der Waals surface area (Å²) >= 11 is 5.79. The standard InChI is InChI=1S/C12H17ClN2O3S/c1-9-4-6-15(7-5-9)19(17,18)14-11-8-10(13)2-3-12(11)16/h2-3,8-9,14,16H,4-7H2,1H3. The van der Waals surface area contributed by atoms with E-state index in [0.717, 1.165) is 12.8 Å². The van der Waals surface area contributed by atoms with Crippen molar-refractivity contribution in [3.05, 3.63) is 23.2 Å². The number of benzene rings is 1. The van der Waals surface area contributed by atoms with Crippen molar-refractivity contribution in [2.75, 3.05) is 17.8 Å². The third-order valence-corrected chi connectivity index (χ3v) is 5.04. The van der Waals surface area contributed by atoms with Crippen LogP contribution in [0.25, 0.3) is 0 Å². The molecule has 7 heteroatoms. The van der Waals surface area contributed by atoms with Gasteiger partial charge in [0.25, 0.3) is 0 Å². The molecule has 1 fully saturated rings. The number of nitrogens with one attached hydrogen (secondary N) is 1. The Labute approximate surface area is 118 Å². The van der Waals surface area contributed by atoms with Crippen LogP contribution in [-0.4, -0.2) is 30.9 Å². The molecule has 106 valence electrons. The van der Waals surface area contributed by atoms with Gasteiger partial charge < -0.3 is 5.11 Å². The fraction of sp³-hybridized carbons (Fsp3) is 0.500. The molecule has 0 aliphatic carbocycles. The highest BCUT2D eigenvalue weighted by Crippen LogP contribution is 2.28. The molecule has 19 heavy (non-hydrogen) atoms. The molecule has 1 aliphatic rings. The Morgan fingerprint density at radius 2 is 2.00 bits per heavy atom. The summed E-state index contributed by atoms with van der Waals surface area (Å²) in [6.07, 6.45) is 1.70. The quantitative estimate of drug-likeness (QED) is 0.843. The number of phenolic OH excluding ortho intramolecular Hbond substituents is 1. The molecule has 2 rings (SSSR count). The summed E-state index contributed by atoms with van der Waals surface area (Å²) in [7, 11) is -3.63. The Morgan fingerprint density at radius 1 is 1.37 bits per heavy atom. The van der Waals surface area contributed by atoms with Gasteiger partial charge in [0.05, 0.1) is 5.69 Å². The zero-order valence-electron chi connectivity index (χ0n) is 10.6. The predicted octanol–water partition coefficient (Wildman–Crippen LogP) is 2.43. The summed E-state index contributed by atoms with van der Waals surface area (Å²) in [4.78, 5) is 0. The molecule has 0 saturated carbocycles. The lowest BCUT2D eigenvalue weighted by molar-refractivity contribution is 0.289. The molecule has 1 saturated heterocycles. The number of phenols is 1. The van der Waals surface area contributed by atoms with Gasteiger partial charge >= 0.3 is 10.2 Å². The number of hydrogen-bond acceptors (Lipinski definition) is 3. The predicted molar refractivity (Wildman–Crippen MR) is 75.6 cm³/mol. The van der Waals surface area contributed by atoms with Gasteiger partial charge in [0.2, 0.25) is 0 Å². The minimum atomic E-state index is -3.63. The van der Waals surface area contributed by atoms with Crippen LogP contribution in [0.4, 0.5) is 5.69 Å². The molecule has 1 heterocycles. The lowest BCUT2D eigenvalue weighted by Gasteiger charge is -2.29. The molecule has 5 nitrogen and oxygen atoms in total. The summed E-state index contributed by atoms with van der Waals surface area (Å²) < 4.78 is 28.1. The maximum absolute atomic E-state index is 12.2. The Bertz CT molecular complexity index is 554. The van der Waals surface area contributed by atoms with Crippen LogP contribution < -0.4 is 4.72 Å². The van der Waals surface area contributed by atoms with E-state index in [1.807, 2.05) is 0 Å². The van der Waals surface area contributed by atoms with Gasteiger partial charge in [0.15, 0.2) is 0 Å². The van der Waals surface area contributed by atoms with E-state index in [2.05, 4.69) is 11.6 Å². The second-order valence-electron chi connectivity index (χ2n) is 4.85. The van der Waals surface area contributed by atoms with E-state index in [-0.39, 0.29) is 11.4 Å². The molecule has 0 spiro atoms. The van der Waals surface area contributed by atoms with Crippen molar-refractivity contribution in [2.45, 2.75) is 19.8 Å². The van der Waals surface area contributed by atoms with Crippen molar-refractivity contribution in [3.8, 4) is 5.75 Å². The molecule has 0 aromatic heterocycles. The minimum Gasteiger partial charge on any atom is -0.506 e. The first-order valence-corrected chi connectivity index (χ1v) is 7.96. The van der Waals surface area contributed by atoms with Crippen LogP contribution in [0.2, 0.25) is 5.02 Å². The van der Waals surface area contributed by atoms with E-state index in [1.54, 1.807) is 0 Å². The zero-order valence-corrected chi connectivity index (χ0v) is 12.2. The van der Waals surface area contributed by atoms with Gasteiger partial charge in [-0.3, -0.25) is 4.72 Å². The van der Waals surface area contributed by atoms with Crippen LogP contribution in [0.15, 0.2) is 18.2 Å². The number of aromatic hydroxyl groups is 1. The van der Waals surface area contributed by atoms with Crippen LogP contribution in [0.5, 0.6) is 5.75 Å². The van der Waals surface area contributed by atoms with E-state index in [4.69, 9.17) is 11.6 Å². The van der Waals surface area contributed by atoms with Crippen LogP contribution in [0, 0.1) is 5.92 Å². The average molecular weight is 305 g/mol. The van der Waals surface area contributed by atoms with Crippen LogP contribution in [-0.2, 0) is 10.2 Å². The molecule has 0 radical (unpaired) electrons. The Morgan fingerprint density at radius 3 is 2.63 bits per heavy atom. The van der Waals surface area contributed by atoms with Gasteiger partial charge in [-0.15, -0.1) is 0 Å². The highest BCUT2D eigenvalue weighted by atomic mass is 35.5.